The first-order valence-corrected chi connectivity index (χ1v) is 9.63. The van der Waals surface area contributed by atoms with Crippen molar-refractivity contribution in [2.45, 2.75) is 19.9 Å². The van der Waals surface area contributed by atoms with E-state index < -0.39 is 11.7 Å². The van der Waals surface area contributed by atoms with Crippen LogP contribution in [-0.4, -0.2) is 32.1 Å². The zero-order valence-corrected chi connectivity index (χ0v) is 17.0. The molecule has 0 radical (unpaired) electrons. The van der Waals surface area contributed by atoms with Crippen LogP contribution in [0.25, 0.3) is 0 Å². The van der Waals surface area contributed by atoms with Crippen molar-refractivity contribution in [2.24, 2.45) is 5.92 Å². The van der Waals surface area contributed by atoms with Gasteiger partial charge in [0.25, 0.3) is 0 Å². The highest BCUT2D eigenvalue weighted by molar-refractivity contribution is 6.31. The van der Waals surface area contributed by atoms with Crippen LogP contribution in [0.5, 0.6) is 11.5 Å². The van der Waals surface area contributed by atoms with Crippen molar-refractivity contribution in [1.82, 2.24) is 5.32 Å². The molecule has 1 heterocycles. The lowest BCUT2D eigenvalue weighted by molar-refractivity contribution is -0.126. The van der Waals surface area contributed by atoms with Gasteiger partial charge in [0.1, 0.15) is 5.82 Å². The number of carbonyl (C=O) groups excluding carboxylic acids is 2. The maximum absolute atomic E-state index is 13.4. The van der Waals surface area contributed by atoms with Gasteiger partial charge in [-0.3, -0.25) is 9.59 Å². The summed E-state index contributed by atoms with van der Waals surface area (Å²) in [5, 5.41) is 2.80. The van der Waals surface area contributed by atoms with E-state index in [1.54, 1.807) is 13.2 Å². The Balaban J connectivity index is 1.62. The van der Waals surface area contributed by atoms with Crippen LogP contribution < -0.4 is 19.7 Å². The first-order valence-electron chi connectivity index (χ1n) is 9.25. The van der Waals surface area contributed by atoms with E-state index in [9.17, 15) is 14.0 Å². The van der Waals surface area contributed by atoms with Gasteiger partial charge in [-0.15, -0.1) is 0 Å². The predicted octanol–water partition coefficient (Wildman–Crippen LogP) is 3.56. The van der Waals surface area contributed by atoms with Crippen LogP contribution in [0.2, 0.25) is 5.02 Å². The highest BCUT2D eigenvalue weighted by Crippen LogP contribution is 2.30. The van der Waals surface area contributed by atoms with Crippen molar-refractivity contribution >= 4 is 29.1 Å². The average molecular weight is 421 g/mol. The van der Waals surface area contributed by atoms with Crippen LogP contribution >= 0.6 is 11.6 Å². The standard InChI is InChI=1S/C21H22ClFN2O4/c1-3-29-19-8-13(4-7-18(19)28-2)11-24-21(27)14-9-20(26)25(12-14)15-5-6-17(23)16(22)10-15/h4-8,10,14H,3,9,11-12H2,1-2H3,(H,24,27)/t14-/m0/s1. The molecule has 6 nitrogen and oxygen atoms in total. The molecule has 2 aromatic rings. The van der Waals surface area contributed by atoms with E-state index in [1.165, 1.54) is 23.1 Å². The fourth-order valence-corrected chi connectivity index (χ4v) is 3.39. The van der Waals surface area contributed by atoms with Gasteiger partial charge in [0.2, 0.25) is 11.8 Å². The molecular formula is C21H22ClFN2O4. The first kappa shape index (κ1) is 20.9. The Morgan fingerprint density at radius 2 is 2.07 bits per heavy atom. The number of amides is 2. The summed E-state index contributed by atoms with van der Waals surface area (Å²) in [7, 11) is 1.57. The van der Waals surface area contributed by atoms with Gasteiger partial charge < -0.3 is 19.7 Å². The van der Waals surface area contributed by atoms with Gasteiger partial charge >= 0.3 is 0 Å². The molecule has 0 spiro atoms. The molecule has 0 saturated carbocycles. The molecule has 1 N–H and O–H groups in total. The molecule has 0 aromatic heterocycles. The number of anilines is 1. The lowest BCUT2D eigenvalue weighted by Gasteiger charge is -2.17. The predicted molar refractivity (Wildman–Crippen MR) is 108 cm³/mol. The molecular weight excluding hydrogens is 399 g/mol. The number of ether oxygens (including phenoxy) is 2. The average Bonchev–Trinajstić information content (AvgIpc) is 3.10. The van der Waals surface area contributed by atoms with Crippen molar-refractivity contribution in [3.05, 3.63) is 52.8 Å². The number of carbonyl (C=O) groups is 2. The molecule has 154 valence electrons. The number of hydrogen-bond acceptors (Lipinski definition) is 4. The highest BCUT2D eigenvalue weighted by Gasteiger charge is 2.35. The van der Waals surface area contributed by atoms with Gasteiger partial charge in [-0.05, 0) is 42.8 Å². The zero-order valence-electron chi connectivity index (χ0n) is 16.2. The Hall–Kier alpha value is -2.80. The number of rotatable bonds is 7. The molecule has 1 aliphatic heterocycles. The summed E-state index contributed by atoms with van der Waals surface area (Å²) in [5.74, 6) is -0.231. The van der Waals surface area contributed by atoms with E-state index in [0.717, 1.165) is 5.56 Å². The SMILES string of the molecule is CCOc1cc(CNC(=O)[C@H]2CC(=O)N(c3ccc(F)c(Cl)c3)C2)ccc1OC. The van der Waals surface area contributed by atoms with E-state index in [4.69, 9.17) is 21.1 Å². The summed E-state index contributed by atoms with van der Waals surface area (Å²) in [6.07, 6.45) is 0.0909. The Morgan fingerprint density at radius 3 is 2.76 bits per heavy atom. The smallest absolute Gasteiger partial charge is 0.227 e. The van der Waals surface area contributed by atoms with Crippen molar-refractivity contribution < 1.29 is 23.5 Å². The fraction of sp³-hybridized carbons (Fsp3) is 0.333. The van der Waals surface area contributed by atoms with Crippen LogP contribution in [-0.2, 0) is 16.1 Å². The van der Waals surface area contributed by atoms with Crippen LogP contribution in [0.4, 0.5) is 10.1 Å². The summed E-state index contributed by atoms with van der Waals surface area (Å²) >= 11 is 5.80. The summed E-state index contributed by atoms with van der Waals surface area (Å²) in [4.78, 5) is 26.3. The van der Waals surface area contributed by atoms with Crippen LogP contribution in [0.15, 0.2) is 36.4 Å². The van der Waals surface area contributed by atoms with Gasteiger partial charge in [0.05, 0.1) is 24.7 Å². The minimum absolute atomic E-state index is 0.0622. The first-order chi connectivity index (χ1) is 13.9. The molecule has 1 saturated heterocycles. The van der Waals surface area contributed by atoms with Crippen LogP contribution in [0.3, 0.4) is 0 Å². The molecule has 29 heavy (non-hydrogen) atoms. The highest BCUT2D eigenvalue weighted by atomic mass is 35.5. The van der Waals surface area contributed by atoms with Gasteiger partial charge in [-0.2, -0.15) is 0 Å². The Morgan fingerprint density at radius 1 is 1.28 bits per heavy atom. The Labute approximate surface area is 173 Å². The fourth-order valence-electron chi connectivity index (χ4n) is 3.22. The van der Waals surface area contributed by atoms with Crippen molar-refractivity contribution in [3.63, 3.8) is 0 Å². The molecule has 1 aliphatic rings. The lowest BCUT2D eigenvalue weighted by atomic mass is 10.1. The second-order valence-corrected chi connectivity index (χ2v) is 7.05. The number of benzene rings is 2. The molecule has 1 atom stereocenters. The minimum atomic E-state index is -0.553. The van der Waals surface area contributed by atoms with Gasteiger partial charge in [-0.25, -0.2) is 4.39 Å². The quantitative estimate of drug-likeness (QED) is 0.743. The molecule has 0 bridgehead atoms. The monoisotopic (exact) mass is 420 g/mol. The number of methoxy groups -OCH3 is 1. The van der Waals surface area contributed by atoms with E-state index >= 15 is 0 Å². The summed E-state index contributed by atoms with van der Waals surface area (Å²) in [6, 6.07) is 9.51. The lowest BCUT2D eigenvalue weighted by Crippen LogP contribution is -2.32. The van der Waals surface area contributed by atoms with Crippen LogP contribution in [0.1, 0.15) is 18.9 Å². The number of nitrogens with one attached hydrogen (secondary N) is 1. The van der Waals surface area contributed by atoms with Crippen molar-refractivity contribution in [3.8, 4) is 11.5 Å². The van der Waals surface area contributed by atoms with E-state index in [2.05, 4.69) is 5.32 Å². The molecule has 2 aromatic carbocycles. The zero-order chi connectivity index (χ0) is 21.0. The Bertz CT molecular complexity index is 922. The van der Waals surface area contributed by atoms with Gasteiger partial charge in [0.15, 0.2) is 11.5 Å². The van der Waals surface area contributed by atoms with Gasteiger partial charge in [0, 0.05) is 25.2 Å². The molecule has 3 rings (SSSR count). The van der Waals surface area contributed by atoms with Crippen molar-refractivity contribution in [2.75, 3.05) is 25.2 Å². The van der Waals surface area contributed by atoms with Crippen molar-refractivity contribution in [1.29, 1.82) is 0 Å². The number of halogens is 2. The molecule has 0 aliphatic carbocycles. The van der Waals surface area contributed by atoms with E-state index in [0.29, 0.717) is 30.3 Å². The summed E-state index contributed by atoms with van der Waals surface area (Å²) < 4.78 is 24.2. The second-order valence-electron chi connectivity index (χ2n) is 6.64. The molecule has 0 unspecified atom stereocenters. The van der Waals surface area contributed by atoms with E-state index in [-0.39, 0.29) is 29.8 Å². The summed E-state index contributed by atoms with van der Waals surface area (Å²) in [5.41, 5.74) is 1.34. The number of nitrogens with zero attached hydrogens (tertiary/aromatic N) is 1. The molecule has 1 fully saturated rings. The maximum Gasteiger partial charge on any atom is 0.227 e. The third-order valence-electron chi connectivity index (χ3n) is 4.71. The molecule has 2 amide bonds. The number of hydrogen-bond donors (Lipinski definition) is 1. The third-order valence-corrected chi connectivity index (χ3v) is 4.99. The maximum atomic E-state index is 13.4. The minimum Gasteiger partial charge on any atom is -0.493 e. The van der Waals surface area contributed by atoms with Gasteiger partial charge in [-0.1, -0.05) is 17.7 Å². The third kappa shape index (κ3) is 4.79. The molecule has 8 heteroatoms. The topological polar surface area (TPSA) is 67.9 Å². The second kappa shape index (κ2) is 9.13. The Kier molecular flexibility index (Phi) is 6.59. The summed E-state index contributed by atoms with van der Waals surface area (Å²) in [6.45, 7) is 2.90. The largest absolute Gasteiger partial charge is 0.493 e. The van der Waals surface area contributed by atoms with Crippen LogP contribution in [0, 0.1) is 11.7 Å². The normalized spacial score (nSPS) is 16.1. The van der Waals surface area contributed by atoms with E-state index in [1.807, 2.05) is 19.1 Å².